The zero-order chi connectivity index (χ0) is 13.1. The summed E-state index contributed by atoms with van der Waals surface area (Å²) in [4.78, 5) is 2.63. The van der Waals surface area contributed by atoms with Gasteiger partial charge in [0.25, 0.3) is 0 Å². The quantitative estimate of drug-likeness (QED) is 0.488. The Morgan fingerprint density at radius 2 is 1.50 bits per heavy atom. The van der Waals surface area contributed by atoms with Crippen LogP contribution in [-0.2, 0) is 0 Å². The number of allylic oxidation sites excluding steroid dienone is 2. The zero-order valence-corrected chi connectivity index (χ0v) is 12.7. The van der Waals surface area contributed by atoms with Crippen LogP contribution in [0.2, 0.25) is 0 Å². The van der Waals surface area contributed by atoms with Gasteiger partial charge in [-0.2, -0.15) is 0 Å². The van der Waals surface area contributed by atoms with Crippen molar-refractivity contribution in [1.29, 1.82) is 0 Å². The van der Waals surface area contributed by atoms with E-state index < -0.39 is 0 Å². The van der Waals surface area contributed by atoms with Gasteiger partial charge in [0.2, 0.25) is 0 Å². The Hall–Kier alpha value is -0.460. The first-order chi connectivity index (χ1) is 8.88. The molecular formula is C17H33N. The molecule has 1 nitrogen and oxygen atoms in total. The average Bonchev–Trinajstić information content (AvgIpc) is 2.43. The van der Waals surface area contributed by atoms with E-state index in [1.165, 1.54) is 83.7 Å². The molecule has 0 radical (unpaired) electrons. The van der Waals surface area contributed by atoms with Crippen LogP contribution in [0.4, 0.5) is 0 Å². The molecule has 0 aromatic heterocycles. The summed E-state index contributed by atoms with van der Waals surface area (Å²) in [7, 11) is 0. The maximum absolute atomic E-state index is 2.63. The van der Waals surface area contributed by atoms with Gasteiger partial charge in [-0.15, -0.1) is 0 Å². The van der Waals surface area contributed by atoms with Crippen LogP contribution in [0.5, 0.6) is 0 Å². The molecule has 0 atom stereocenters. The molecule has 1 heterocycles. The van der Waals surface area contributed by atoms with Crippen LogP contribution in [0.1, 0.15) is 84.5 Å². The van der Waals surface area contributed by atoms with Crippen molar-refractivity contribution in [3.63, 3.8) is 0 Å². The van der Waals surface area contributed by atoms with E-state index in [0.717, 1.165) is 0 Å². The molecule has 0 amide bonds. The second-order valence-electron chi connectivity index (χ2n) is 5.70. The smallest absolute Gasteiger partial charge is 0.0174 e. The molecule has 1 aliphatic rings. The van der Waals surface area contributed by atoms with Gasteiger partial charge in [-0.3, -0.25) is 0 Å². The molecular weight excluding hydrogens is 218 g/mol. The third-order valence-corrected chi connectivity index (χ3v) is 4.13. The Kier molecular flexibility index (Phi) is 9.06. The molecule has 0 unspecified atom stereocenters. The second kappa shape index (κ2) is 10.5. The van der Waals surface area contributed by atoms with Gasteiger partial charge in [-0.25, -0.2) is 0 Å². The molecule has 1 saturated heterocycles. The fourth-order valence-electron chi connectivity index (χ4n) is 2.93. The van der Waals surface area contributed by atoms with Crippen molar-refractivity contribution in [1.82, 2.24) is 4.90 Å². The molecule has 0 saturated carbocycles. The van der Waals surface area contributed by atoms with E-state index in [-0.39, 0.29) is 0 Å². The SMILES string of the molecule is C/C=C(\CCCCCCCCC)N1CCCCC1. The third kappa shape index (κ3) is 6.47. The predicted molar refractivity (Wildman–Crippen MR) is 81.8 cm³/mol. The maximum atomic E-state index is 2.63. The molecule has 0 aromatic carbocycles. The highest BCUT2D eigenvalue weighted by atomic mass is 15.1. The van der Waals surface area contributed by atoms with Crippen LogP contribution >= 0.6 is 0 Å². The Labute approximate surface area is 115 Å². The number of hydrogen-bond acceptors (Lipinski definition) is 1. The predicted octanol–water partition coefficient (Wildman–Crippen LogP) is 5.52. The molecule has 106 valence electrons. The van der Waals surface area contributed by atoms with Crippen LogP contribution in [0, 0.1) is 0 Å². The van der Waals surface area contributed by atoms with Crippen LogP contribution < -0.4 is 0 Å². The summed E-state index contributed by atoms with van der Waals surface area (Å²) >= 11 is 0. The van der Waals surface area contributed by atoms with Crippen LogP contribution in [-0.4, -0.2) is 18.0 Å². The van der Waals surface area contributed by atoms with Gasteiger partial charge in [0.05, 0.1) is 0 Å². The molecule has 0 aliphatic carbocycles. The summed E-state index contributed by atoms with van der Waals surface area (Å²) in [5.74, 6) is 0. The Morgan fingerprint density at radius 1 is 0.889 bits per heavy atom. The van der Waals surface area contributed by atoms with Crippen molar-refractivity contribution in [2.75, 3.05) is 13.1 Å². The molecule has 18 heavy (non-hydrogen) atoms. The Morgan fingerprint density at radius 3 is 2.11 bits per heavy atom. The molecule has 0 bridgehead atoms. The van der Waals surface area contributed by atoms with Crippen molar-refractivity contribution < 1.29 is 0 Å². The van der Waals surface area contributed by atoms with Crippen molar-refractivity contribution in [3.05, 3.63) is 11.8 Å². The average molecular weight is 251 g/mol. The molecule has 0 N–H and O–H groups in total. The summed E-state index contributed by atoms with van der Waals surface area (Å²) < 4.78 is 0. The lowest BCUT2D eigenvalue weighted by molar-refractivity contribution is 0.274. The topological polar surface area (TPSA) is 3.24 Å². The number of likely N-dealkylation sites (tertiary alicyclic amines) is 1. The van der Waals surface area contributed by atoms with Gasteiger partial charge in [0.15, 0.2) is 0 Å². The normalized spacial score (nSPS) is 17.2. The van der Waals surface area contributed by atoms with E-state index in [9.17, 15) is 0 Å². The summed E-state index contributed by atoms with van der Waals surface area (Å²) in [6.07, 6.45) is 17.8. The molecule has 1 heteroatoms. The molecule has 1 aliphatic heterocycles. The number of unbranched alkanes of at least 4 members (excludes halogenated alkanes) is 6. The Balaban J connectivity index is 2.05. The molecule has 0 aromatic rings. The van der Waals surface area contributed by atoms with Gasteiger partial charge >= 0.3 is 0 Å². The summed E-state index contributed by atoms with van der Waals surface area (Å²) in [5, 5.41) is 0. The Bertz CT molecular complexity index is 214. The molecule has 1 rings (SSSR count). The van der Waals surface area contributed by atoms with Gasteiger partial charge in [-0.05, 0) is 39.0 Å². The van der Waals surface area contributed by atoms with E-state index in [1.54, 1.807) is 5.70 Å². The number of hydrogen-bond donors (Lipinski definition) is 0. The highest BCUT2D eigenvalue weighted by Crippen LogP contribution is 2.20. The van der Waals surface area contributed by atoms with Crippen LogP contribution in [0.15, 0.2) is 11.8 Å². The van der Waals surface area contributed by atoms with E-state index in [0.29, 0.717) is 0 Å². The van der Waals surface area contributed by atoms with Crippen LogP contribution in [0.3, 0.4) is 0 Å². The monoisotopic (exact) mass is 251 g/mol. The van der Waals surface area contributed by atoms with Crippen molar-refractivity contribution >= 4 is 0 Å². The molecule has 1 fully saturated rings. The van der Waals surface area contributed by atoms with E-state index >= 15 is 0 Å². The number of piperidine rings is 1. The van der Waals surface area contributed by atoms with Crippen molar-refractivity contribution in [3.8, 4) is 0 Å². The van der Waals surface area contributed by atoms with Gasteiger partial charge in [0, 0.05) is 18.8 Å². The first kappa shape index (κ1) is 15.6. The minimum Gasteiger partial charge on any atom is -0.375 e. The van der Waals surface area contributed by atoms with Crippen molar-refractivity contribution in [2.45, 2.75) is 84.5 Å². The fourth-order valence-corrected chi connectivity index (χ4v) is 2.93. The second-order valence-corrected chi connectivity index (χ2v) is 5.70. The minimum atomic E-state index is 1.30. The number of nitrogens with zero attached hydrogens (tertiary/aromatic N) is 1. The standard InChI is InChI=1S/C17H33N/c1-3-5-6-7-8-9-11-14-17(4-2)18-15-12-10-13-16-18/h4H,3,5-16H2,1-2H3/b17-4+. The zero-order valence-electron chi connectivity index (χ0n) is 12.7. The van der Waals surface area contributed by atoms with Crippen LogP contribution in [0.25, 0.3) is 0 Å². The third-order valence-electron chi connectivity index (χ3n) is 4.13. The first-order valence-corrected chi connectivity index (χ1v) is 8.28. The number of rotatable bonds is 9. The van der Waals surface area contributed by atoms with Gasteiger partial charge < -0.3 is 4.90 Å². The summed E-state index contributed by atoms with van der Waals surface area (Å²) in [6.45, 7) is 7.11. The maximum Gasteiger partial charge on any atom is 0.0174 e. The summed E-state index contributed by atoms with van der Waals surface area (Å²) in [5.41, 5.74) is 1.61. The van der Waals surface area contributed by atoms with E-state index in [4.69, 9.17) is 0 Å². The first-order valence-electron chi connectivity index (χ1n) is 8.28. The highest BCUT2D eigenvalue weighted by molar-refractivity contribution is 5.00. The highest BCUT2D eigenvalue weighted by Gasteiger charge is 2.11. The van der Waals surface area contributed by atoms with Gasteiger partial charge in [-0.1, -0.05) is 51.5 Å². The lowest BCUT2D eigenvalue weighted by Crippen LogP contribution is -2.29. The van der Waals surface area contributed by atoms with Gasteiger partial charge in [0.1, 0.15) is 0 Å². The fraction of sp³-hybridized carbons (Fsp3) is 0.882. The lowest BCUT2D eigenvalue weighted by atomic mass is 10.0. The largest absolute Gasteiger partial charge is 0.375 e. The lowest BCUT2D eigenvalue weighted by Gasteiger charge is -2.31. The van der Waals surface area contributed by atoms with Crippen molar-refractivity contribution in [2.24, 2.45) is 0 Å². The molecule has 0 spiro atoms. The summed E-state index contributed by atoms with van der Waals surface area (Å²) in [6, 6.07) is 0. The van der Waals surface area contributed by atoms with E-state index in [2.05, 4.69) is 24.8 Å². The minimum absolute atomic E-state index is 1.30. The van der Waals surface area contributed by atoms with E-state index in [1.807, 2.05) is 0 Å².